The molecule has 0 bridgehead atoms. The molecule has 0 atom stereocenters. The maximum atomic E-state index is 13.3. The summed E-state index contributed by atoms with van der Waals surface area (Å²) in [7, 11) is 0. The second-order valence-electron chi connectivity index (χ2n) is 7.51. The molecule has 1 N–H and O–H groups in total. The molecule has 29 heavy (non-hydrogen) atoms. The molecule has 0 saturated carbocycles. The van der Waals surface area contributed by atoms with E-state index in [1.54, 1.807) is 35.2 Å². The van der Waals surface area contributed by atoms with Gasteiger partial charge in [-0.15, -0.1) is 0 Å². The number of piperazine rings is 1. The lowest BCUT2D eigenvalue weighted by Crippen LogP contribution is -2.49. The second-order valence-corrected chi connectivity index (χ2v) is 7.51. The summed E-state index contributed by atoms with van der Waals surface area (Å²) in [5, 5.41) is 15.6. The Morgan fingerprint density at radius 3 is 2.24 bits per heavy atom. The largest absolute Gasteiger partial charge is 0.506 e. The van der Waals surface area contributed by atoms with Gasteiger partial charge in [0.15, 0.2) is 5.69 Å². The number of para-hydroxylation sites is 2. The molecule has 4 rings (SSSR count). The number of aromatic hydroxyl groups is 1. The Morgan fingerprint density at radius 1 is 0.966 bits per heavy atom. The van der Waals surface area contributed by atoms with E-state index >= 15 is 0 Å². The number of nitrogens with zero attached hydrogens (tertiary/aromatic N) is 4. The van der Waals surface area contributed by atoms with Gasteiger partial charge in [0, 0.05) is 31.6 Å². The minimum Gasteiger partial charge on any atom is -0.506 e. The SMILES string of the molecule is CC(C)n1nc(C(=O)N2CCN(c3ccccc3O)CC2)c2ccccc2c1=O. The van der Waals surface area contributed by atoms with Crippen molar-refractivity contribution in [2.24, 2.45) is 0 Å². The van der Waals surface area contributed by atoms with Crippen LogP contribution in [-0.2, 0) is 0 Å². The van der Waals surface area contributed by atoms with Crippen molar-refractivity contribution in [3.63, 3.8) is 0 Å². The fourth-order valence-corrected chi connectivity index (χ4v) is 3.75. The maximum absolute atomic E-state index is 13.3. The van der Waals surface area contributed by atoms with Crippen LogP contribution in [0.25, 0.3) is 10.8 Å². The summed E-state index contributed by atoms with van der Waals surface area (Å²) in [6, 6.07) is 14.2. The molecule has 0 aliphatic carbocycles. The third-order valence-electron chi connectivity index (χ3n) is 5.31. The molecule has 1 saturated heterocycles. The highest BCUT2D eigenvalue weighted by atomic mass is 16.3. The Balaban J connectivity index is 1.63. The average Bonchev–Trinajstić information content (AvgIpc) is 2.74. The lowest BCUT2D eigenvalue weighted by molar-refractivity contribution is 0.0740. The molecule has 0 radical (unpaired) electrons. The van der Waals surface area contributed by atoms with Gasteiger partial charge in [0.25, 0.3) is 11.5 Å². The molecular weight excluding hydrogens is 368 g/mol. The van der Waals surface area contributed by atoms with Gasteiger partial charge in [-0.05, 0) is 32.0 Å². The predicted molar refractivity (Wildman–Crippen MR) is 113 cm³/mol. The van der Waals surface area contributed by atoms with Crippen LogP contribution < -0.4 is 10.5 Å². The van der Waals surface area contributed by atoms with Crippen LogP contribution in [0.5, 0.6) is 5.75 Å². The van der Waals surface area contributed by atoms with E-state index in [1.807, 2.05) is 32.0 Å². The van der Waals surface area contributed by atoms with E-state index in [0.29, 0.717) is 42.6 Å². The quantitative estimate of drug-likeness (QED) is 0.741. The van der Waals surface area contributed by atoms with Gasteiger partial charge in [0.1, 0.15) is 5.75 Å². The summed E-state index contributed by atoms with van der Waals surface area (Å²) >= 11 is 0. The number of benzene rings is 2. The second kappa shape index (κ2) is 7.58. The zero-order valence-electron chi connectivity index (χ0n) is 16.6. The molecular formula is C22H24N4O3. The molecule has 2 heterocycles. The van der Waals surface area contributed by atoms with E-state index in [0.717, 1.165) is 5.69 Å². The van der Waals surface area contributed by atoms with E-state index in [4.69, 9.17) is 0 Å². The number of phenolic OH excluding ortho intramolecular Hbond substituents is 1. The molecule has 2 aromatic carbocycles. The summed E-state index contributed by atoms with van der Waals surface area (Å²) in [5.41, 5.74) is 0.901. The van der Waals surface area contributed by atoms with Gasteiger partial charge in [0.05, 0.1) is 17.1 Å². The summed E-state index contributed by atoms with van der Waals surface area (Å²) < 4.78 is 1.38. The number of rotatable bonds is 3. The third-order valence-corrected chi connectivity index (χ3v) is 5.31. The third kappa shape index (κ3) is 3.44. The Morgan fingerprint density at radius 2 is 1.59 bits per heavy atom. The molecule has 1 aliphatic rings. The minimum absolute atomic E-state index is 0.142. The van der Waals surface area contributed by atoms with Gasteiger partial charge in [-0.25, -0.2) is 4.68 Å². The zero-order chi connectivity index (χ0) is 20.5. The van der Waals surface area contributed by atoms with Crippen LogP contribution in [0.4, 0.5) is 5.69 Å². The van der Waals surface area contributed by atoms with E-state index in [1.165, 1.54) is 4.68 Å². The molecule has 7 nitrogen and oxygen atoms in total. The highest BCUT2D eigenvalue weighted by Crippen LogP contribution is 2.27. The van der Waals surface area contributed by atoms with Gasteiger partial charge in [0.2, 0.25) is 0 Å². The Hall–Kier alpha value is -3.35. The summed E-state index contributed by atoms with van der Waals surface area (Å²) in [6.07, 6.45) is 0. The Labute approximate surface area is 168 Å². The van der Waals surface area contributed by atoms with E-state index in [9.17, 15) is 14.7 Å². The van der Waals surface area contributed by atoms with Gasteiger partial charge >= 0.3 is 0 Å². The molecule has 0 spiro atoms. The van der Waals surface area contributed by atoms with Crippen molar-refractivity contribution in [1.29, 1.82) is 0 Å². The molecule has 1 aliphatic heterocycles. The van der Waals surface area contributed by atoms with Crippen molar-refractivity contribution in [3.05, 3.63) is 64.6 Å². The Bertz CT molecular complexity index is 1110. The highest BCUT2D eigenvalue weighted by molar-refractivity contribution is 6.04. The van der Waals surface area contributed by atoms with Gasteiger partial charge in [-0.1, -0.05) is 30.3 Å². The monoisotopic (exact) mass is 392 g/mol. The van der Waals surface area contributed by atoms with Crippen LogP contribution in [0.15, 0.2) is 53.3 Å². The lowest BCUT2D eigenvalue weighted by atomic mass is 10.1. The van der Waals surface area contributed by atoms with Gasteiger partial charge in [-0.2, -0.15) is 5.10 Å². The van der Waals surface area contributed by atoms with Crippen molar-refractivity contribution >= 4 is 22.4 Å². The normalized spacial score (nSPS) is 14.6. The van der Waals surface area contributed by atoms with E-state index < -0.39 is 0 Å². The first kappa shape index (κ1) is 19.0. The highest BCUT2D eigenvalue weighted by Gasteiger charge is 2.27. The number of hydrogen-bond acceptors (Lipinski definition) is 5. The summed E-state index contributed by atoms with van der Waals surface area (Å²) in [5.74, 6) is 0.0662. The number of fused-ring (bicyclic) bond motifs is 1. The Kier molecular flexibility index (Phi) is 4.96. The molecule has 1 amide bonds. The lowest BCUT2D eigenvalue weighted by Gasteiger charge is -2.36. The average molecular weight is 392 g/mol. The molecule has 0 unspecified atom stereocenters. The fraction of sp³-hybridized carbons (Fsp3) is 0.318. The van der Waals surface area contributed by atoms with Crippen molar-refractivity contribution in [2.75, 3.05) is 31.1 Å². The van der Waals surface area contributed by atoms with Crippen molar-refractivity contribution in [1.82, 2.24) is 14.7 Å². The first-order valence-electron chi connectivity index (χ1n) is 9.81. The van der Waals surface area contributed by atoms with Crippen LogP contribution in [0.2, 0.25) is 0 Å². The number of phenols is 1. The van der Waals surface area contributed by atoms with Crippen LogP contribution in [0.3, 0.4) is 0 Å². The number of carbonyl (C=O) groups is 1. The molecule has 1 aromatic heterocycles. The molecule has 3 aromatic rings. The van der Waals surface area contributed by atoms with Crippen LogP contribution in [0, 0.1) is 0 Å². The number of amides is 1. The minimum atomic E-state index is -0.184. The van der Waals surface area contributed by atoms with Crippen LogP contribution >= 0.6 is 0 Å². The number of aromatic nitrogens is 2. The zero-order valence-corrected chi connectivity index (χ0v) is 16.6. The van der Waals surface area contributed by atoms with Gasteiger partial charge < -0.3 is 14.9 Å². The fourth-order valence-electron chi connectivity index (χ4n) is 3.75. The molecule has 1 fully saturated rings. The maximum Gasteiger partial charge on any atom is 0.275 e. The molecule has 150 valence electrons. The van der Waals surface area contributed by atoms with Gasteiger partial charge in [-0.3, -0.25) is 9.59 Å². The van der Waals surface area contributed by atoms with E-state index in [2.05, 4.69) is 10.00 Å². The van der Waals surface area contributed by atoms with Crippen LogP contribution in [-0.4, -0.2) is 51.9 Å². The van der Waals surface area contributed by atoms with Crippen LogP contribution in [0.1, 0.15) is 30.4 Å². The first-order chi connectivity index (χ1) is 14.0. The standard InChI is InChI=1S/C22H24N4O3/c1-15(2)26-21(28)17-8-4-3-7-16(17)20(23-26)22(29)25-13-11-24(12-14-25)18-9-5-6-10-19(18)27/h3-10,15,27H,11-14H2,1-2H3. The topological polar surface area (TPSA) is 78.7 Å². The van der Waals surface area contributed by atoms with Crippen molar-refractivity contribution in [2.45, 2.75) is 19.9 Å². The predicted octanol–water partition coefficient (Wildman–Crippen LogP) is 2.65. The van der Waals surface area contributed by atoms with Crippen molar-refractivity contribution < 1.29 is 9.90 Å². The van der Waals surface area contributed by atoms with E-state index in [-0.39, 0.29) is 23.3 Å². The summed E-state index contributed by atoms with van der Waals surface area (Å²) in [4.78, 5) is 29.8. The first-order valence-corrected chi connectivity index (χ1v) is 9.81. The molecule has 7 heteroatoms. The number of carbonyl (C=O) groups excluding carboxylic acids is 1. The smallest absolute Gasteiger partial charge is 0.275 e. The van der Waals surface area contributed by atoms with Crippen molar-refractivity contribution in [3.8, 4) is 5.75 Å². The summed E-state index contributed by atoms with van der Waals surface area (Å²) in [6.45, 7) is 6.02. The number of hydrogen-bond donors (Lipinski definition) is 1. The number of anilines is 1.